The van der Waals surface area contributed by atoms with Crippen LogP contribution in [0, 0.1) is 0 Å². The van der Waals surface area contributed by atoms with Crippen LogP contribution in [-0.2, 0) is 27.8 Å². The van der Waals surface area contributed by atoms with Crippen molar-refractivity contribution in [3.05, 3.63) is 59.2 Å². The van der Waals surface area contributed by atoms with Crippen LogP contribution in [0.25, 0.3) is 11.1 Å². The molecule has 21 heavy (non-hydrogen) atoms. The van der Waals surface area contributed by atoms with Crippen LogP contribution in [0.3, 0.4) is 0 Å². The van der Waals surface area contributed by atoms with E-state index in [0.717, 1.165) is 31.2 Å². The van der Waals surface area contributed by atoms with Crippen molar-refractivity contribution in [1.29, 1.82) is 0 Å². The van der Waals surface area contributed by atoms with E-state index in [9.17, 15) is 4.79 Å². The summed E-state index contributed by atoms with van der Waals surface area (Å²) in [6.07, 6.45) is 3.96. The molecule has 2 aromatic carbocycles. The first-order valence-corrected chi connectivity index (χ1v) is 7.55. The van der Waals surface area contributed by atoms with E-state index < -0.39 is 0 Å². The zero-order chi connectivity index (χ0) is 14.4. The monoisotopic (exact) mass is 278 g/mol. The van der Waals surface area contributed by atoms with Crippen LogP contribution in [0.2, 0.25) is 0 Å². The average Bonchev–Trinajstić information content (AvgIpc) is 3.35. The van der Waals surface area contributed by atoms with Gasteiger partial charge in [-0.1, -0.05) is 42.5 Å². The molecule has 4 rings (SSSR count). The molecule has 1 fully saturated rings. The Labute approximate surface area is 124 Å². The highest BCUT2D eigenvalue weighted by Gasteiger charge is 2.52. The second-order valence-electron chi connectivity index (χ2n) is 6.10. The summed E-state index contributed by atoms with van der Waals surface area (Å²) in [5, 5.41) is 0. The van der Waals surface area contributed by atoms with Gasteiger partial charge < -0.3 is 4.74 Å². The highest BCUT2D eigenvalue weighted by Crippen LogP contribution is 2.50. The minimum Gasteiger partial charge on any atom is -0.468 e. The minimum absolute atomic E-state index is 0.0846. The van der Waals surface area contributed by atoms with Gasteiger partial charge >= 0.3 is 5.97 Å². The molecule has 2 aliphatic rings. The van der Waals surface area contributed by atoms with Crippen molar-refractivity contribution in [2.24, 2.45) is 0 Å². The summed E-state index contributed by atoms with van der Waals surface area (Å²) >= 11 is 0. The molecule has 0 heterocycles. The van der Waals surface area contributed by atoms with E-state index in [1.54, 1.807) is 0 Å². The van der Waals surface area contributed by atoms with E-state index in [0.29, 0.717) is 0 Å². The molecular formula is C19H18O2. The summed E-state index contributed by atoms with van der Waals surface area (Å²) < 4.78 is 4.99. The second-order valence-corrected chi connectivity index (χ2v) is 6.10. The highest BCUT2D eigenvalue weighted by atomic mass is 16.5. The predicted octanol–water partition coefficient (Wildman–Crippen LogP) is 3.66. The van der Waals surface area contributed by atoms with Gasteiger partial charge in [0.2, 0.25) is 0 Å². The normalized spacial score (nSPS) is 17.6. The third kappa shape index (κ3) is 1.82. The molecule has 106 valence electrons. The first kappa shape index (κ1) is 12.6. The molecule has 1 saturated carbocycles. The molecule has 2 nitrogen and oxygen atoms in total. The number of rotatable bonds is 2. The number of aryl methyl sites for hydroxylation is 2. The van der Waals surface area contributed by atoms with Gasteiger partial charge in [-0.2, -0.15) is 0 Å². The standard InChI is InChI=1S/C19H18O2/c1-21-18(20)19(10-11-19)15-8-9-17-14(12-15)7-6-13-4-2-3-5-16(13)17/h2-5,8-9,12H,6-7,10-11H2,1H3. The minimum atomic E-state index is -0.360. The lowest BCUT2D eigenvalue weighted by molar-refractivity contribution is -0.143. The highest BCUT2D eigenvalue weighted by molar-refractivity contribution is 5.87. The topological polar surface area (TPSA) is 26.3 Å². The number of carbonyl (C=O) groups is 1. The molecule has 0 aliphatic heterocycles. The van der Waals surface area contributed by atoms with E-state index in [-0.39, 0.29) is 11.4 Å². The average molecular weight is 278 g/mol. The fourth-order valence-corrected chi connectivity index (χ4v) is 3.56. The van der Waals surface area contributed by atoms with Crippen molar-refractivity contribution >= 4 is 5.97 Å². The first-order chi connectivity index (χ1) is 10.2. The van der Waals surface area contributed by atoms with E-state index in [2.05, 4.69) is 42.5 Å². The molecule has 2 aliphatic carbocycles. The van der Waals surface area contributed by atoms with Gasteiger partial charge in [-0.15, -0.1) is 0 Å². The summed E-state index contributed by atoms with van der Waals surface area (Å²) in [5.74, 6) is -0.0846. The molecule has 0 amide bonds. The molecule has 0 spiro atoms. The Hall–Kier alpha value is -2.09. The van der Waals surface area contributed by atoms with Gasteiger partial charge in [0.15, 0.2) is 0 Å². The Balaban J connectivity index is 1.79. The van der Waals surface area contributed by atoms with E-state index in [1.807, 2.05) is 0 Å². The SMILES string of the molecule is COC(=O)C1(c2ccc3c(c2)CCc2ccccc2-3)CC1. The van der Waals surface area contributed by atoms with Crippen molar-refractivity contribution in [2.75, 3.05) is 7.11 Å². The van der Waals surface area contributed by atoms with Crippen LogP contribution in [0.1, 0.15) is 29.5 Å². The Kier molecular flexibility index (Phi) is 2.68. The second kappa shape index (κ2) is 4.45. The van der Waals surface area contributed by atoms with Gasteiger partial charge in [0.1, 0.15) is 0 Å². The van der Waals surface area contributed by atoms with Gasteiger partial charge in [0.05, 0.1) is 12.5 Å². The number of hydrogen-bond donors (Lipinski definition) is 0. The molecule has 2 aromatic rings. The molecule has 0 radical (unpaired) electrons. The van der Waals surface area contributed by atoms with Crippen molar-refractivity contribution in [2.45, 2.75) is 31.1 Å². The van der Waals surface area contributed by atoms with Gasteiger partial charge in [-0.25, -0.2) is 0 Å². The van der Waals surface area contributed by atoms with Crippen LogP contribution in [0.5, 0.6) is 0 Å². The van der Waals surface area contributed by atoms with Gasteiger partial charge in [-0.3, -0.25) is 4.79 Å². The number of ether oxygens (including phenoxy) is 1. The van der Waals surface area contributed by atoms with Crippen molar-refractivity contribution < 1.29 is 9.53 Å². The Morgan fingerprint density at radius 3 is 2.48 bits per heavy atom. The number of carbonyl (C=O) groups excluding carboxylic acids is 1. The molecule has 0 aromatic heterocycles. The number of fused-ring (bicyclic) bond motifs is 3. The maximum Gasteiger partial charge on any atom is 0.316 e. The zero-order valence-corrected chi connectivity index (χ0v) is 12.2. The number of esters is 1. The summed E-state index contributed by atoms with van der Waals surface area (Å²) in [4.78, 5) is 12.0. The van der Waals surface area contributed by atoms with Gasteiger partial charge in [0.25, 0.3) is 0 Å². The lowest BCUT2D eigenvalue weighted by Crippen LogP contribution is -2.22. The fourth-order valence-electron chi connectivity index (χ4n) is 3.56. The maximum atomic E-state index is 12.0. The van der Waals surface area contributed by atoms with E-state index >= 15 is 0 Å². The number of benzene rings is 2. The Morgan fingerprint density at radius 1 is 1.00 bits per heavy atom. The fraction of sp³-hybridized carbons (Fsp3) is 0.316. The van der Waals surface area contributed by atoms with Crippen molar-refractivity contribution in [3.8, 4) is 11.1 Å². The van der Waals surface area contributed by atoms with Crippen LogP contribution < -0.4 is 0 Å². The van der Waals surface area contributed by atoms with Crippen LogP contribution in [-0.4, -0.2) is 13.1 Å². The van der Waals surface area contributed by atoms with Crippen LogP contribution in [0.15, 0.2) is 42.5 Å². The lowest BCUT2D eigenvalue weighted by Gasteiger charge is -2.22. The summed E-state index contributed by atoms with van der Waals surface area (Å²) in [6.45, 7) is 0. The third-order valence-electron chi connectivity index (χ3n) is 4.96. The first-order valence-electron chi connectivity index (χ1n) is 7.55. The molecular weight excluding hydrogens is 260 g/mol. The molecule has 0 bridgehead atoms. The van der Waals surface area contributed by atoms with Crippen LogP contribution >= 0.6 is 0 Å². The third-order valence-corrected chi connectivity index (χ3v) is 4.96. The molecule has 0 N–H and O–H groups in total. The maximum absolute atomic E-state index is 12.0. The zero-order valence-electron chi connectivity index (χ0n) is 12.2. The number of methoxy groups -OCH3 is 1. The largest absolute Gasteiger partial charge is 0.468 e. The molecule has 0 atom stereocenters. The van der Waals surface area contributed by atoms with Crippen LogP contribution in [0.4, 0.5) is 0 Å². The summed E-state index contributed by atoms with van der Waals surface area (Å²) in [5.41, 5.74) is 6.22. The lowest BCUT2D eigenvalue weighted by atomic mass is 9.83. The summed E-state index contributed by atoms with van der Waals surface area (Å²) in [6, 6.07) is 15.1. The van der Waals surface area contributed by atoms with E-state index in [1.165, 1.54) is 29.4 Å². The quantitative estimate of drug-likeness (QED) is 0.784. The Bertz CT molecular complexity index is 726. The smallest absolute Gasteiger partial charge is 0.316 e. The van der Waals surface area contributed by atoms with Gasteiger partial charge in [-0.05, 0) is 53.5 Å². The van der Waals surface area contributed by atoms with E-state index in [4.69, 9.17) is 4.74 Å². The predicted molar refractivity (Wildman–Crippen MR) is 82.2 cm³/mol. The molecule has 0 saturated heterocycles. The number of hydrogen-bond acceptors (Lipinski definition) is 2. The van der Waals surface area contributed by atoms with Crippen molar-refractivity contribution in [3.63, 3.8) is 0 Å². The molecule has 2 heteroatoms. The molecule has 0 unspecified atom stereocenters. The van der Waals surface area contributed by atoms with Crippen molar-refractivity contribution in [1.82, 2.24) is 0 Å². The Morgan fingerprint density at radius 2 is 1.71 bits per heavy atom. The van der Waals surface area contributed by atoms with Gasteiger partial charge in [0, 0.05) is 0 Å². The summed E-state index contributed by atoms with van der Waals surface area (Å²) in [7, 11) is 1.48.